The number of rotatable bonds is 4. The Morgan fingerprint density at radius 1 is 1.25 bits per heavy atom. The van der Waals surface area contributed by atoms with Crippen LogP contribution in [0, 0.1) is 5.92 Å². The summed E-state index contributed by atoms with van der Waals surface area (Å²) in [6.07, 6.45) is 0.540. The van der Waals surface area contributed by atoms with Crippen molar-refractivity contribution in [3.63, 3.8) is 0 Å². The quantitative estimate of drug-likeness (QED) is 0.209. The maximum atomic E-state index is 13.0. The minimum absolute atomic E-state index is 0.0102. The maximum Gasteiger partial charge on any atom is 0.341 e. The van der Waals surface area contributed by atoms with Gasteiger partial charge in [0.25, 0.3) is 0 Å². The maximum absolute atomic E-state index is 13.0. The number of hydrogen-bond acceptors (Lipinski definition) is 9. The van der Waals surface area contributed by atoms with Gasteiger partial charge >= 0.3 is 23.9 Å². The van der Waals surface area contributed by atoms with Gasteiger partial charge in [-0.05, 0) is 39.7 Å². The molecule has 3 aliphatic rings. The molecule has 0 aromatic carbocycles. The molecule has 0 aromatic rings. The van der Waals surface area contributed by atoms with Crippen LogP contribution in [0.15, 0.2) is 35.5 Å². The van der Waals surface area contributed by atoms with Gasteiger partial charge in [0.05, 0.1) is 24.7 Å². The van der Waals surface area contributed by atoms with E-state index < -0.39 is 53.7 Å². The second-order valence-electron chi connectivity index (χ2n) is 8.39. The van der Waals surface area contributed by atoms with Gasteiger partial charge in [0.15, 0.2) is 17.8 Å². The molecule has 0 amide bonds. The van der Waals surface area contributed by atoms with Gasteiger partial charge in [-0.3, -0.25) is 4.79 Å². The van der Waals surface area contributed by atoms with Crippen molar-refractivity contribution < 1.29 is 42.9 Å². The van der Waals surface area contributed by atoms with Crippen LogP contribution >= 0.6 is 0 Å². The van der Waals surface area contributed by atoms with Gasteiger partial charge in [0, 0.05) is 12.5 Å². The number of allylic oxidation sites excluding steroid dienone is 2. The van der Waals surface area contributed by atoms with E-state index in [0.717, 1.165) is 5.57 Å². The van der Waals surface area contributed by atoms with E-state index in [1.54, 1.807) is 26.0 Å². The number of carbonyl (C=O) groups is 4. The molecule has 9 nitrogen and oxygen atoms in total. The van der Waals surface area contributed by atoms with Crippen molar-refractivity contribution in [3.8, 4) is 0 Å². The van der Waals surface area contributed by atoms with Crippen LogP contribution in [0.3, 0.4) is 0 Å². The van der Waals surface area contributed by atoms with Crippen LogP contribution in [0.25, 0.3) is 0 Å². The lowest BCUT2D eigenvalue weighted by Crippen LogP contribution is -2.47. The number of esters is 4. The van der Waals surface area contributed by atoms with E-state index in [-0.39, 0.29) is 17.3 Å². The first-order chi connectivity index (χ1) is 15.0. The summed E-state index contributed by atoms with van der Waals surface area (Å²) < 4.78 is 27.1. The Morgan fingerprint density at radius 2 is 1.91 bits per heavy atom. The predicted octanol–water partition coefficient (Wildman–Crippen LogP) is 1.94. The van der Waals surface area contributed by atoms with Crippen LogP contribution < -0.4 is 0 Å². The average Bonchev–Trinajstić information content (AvgIpc) is 3.25. The first-order valence-electron chi connectivity index (χ1n) is 10.4. The number of methoxy groups -OCH3 is 1. The molecular formula is C23H28O9. The highest BCUT2D eigenvalue weighted by Crippen LogP contribution is 2.41. The molecule has 0 bridgehead atoms. The molecule has 6 atom stereocenters. The Balaban J connectivity index is 2.14. The summed E-state index contributed by atoms with van der Waals surface area (Å²) in [5, 5.41) is 0. The topological polar surface area (TPSA) is 118 Å². The molecule has 1 aliphatic carbocycles. The molecule has 0 radical (unpaired) electrons. The van der Waals surface area contributed by atoms with Crippen molar-refractivity contribution in [2.24, 2.45) is 5.92 Å². The van der Waals surface area contributed by atoms with Crippen molar-refractivity contribution in [2.75, 3.05) is 7.11 Å². The largest absolute Gasteiger partial charge is 0.466 e. The lowest BCUT2D eigenvalue weighted by atomic mass is 9.83. The van der Waals surface area contributed by atoms with Crippen molar-refractivity contribution in [1.29, 1.82) is 0 Å². The molecule has 2 aliphatic heterocycles. The smallest absolute Gasteiger partial charge is 0.341 e. The van der Waals surface area contributed by atoms with Gasteiger partial charge in [-0.1, -0.05) is 18.2 Å². The molecule has 2 saturated heterocycles. The first-order valence-corrected chi connectivity index (χ1v) is 10.4. The molecule has 2 fully saturated rings. The number of ether oxygens (including phenoxy) is 5. The van der Waals surface area contributed by atoms with Gasteiger partial charge in [-0.2, -0.15) is 0 Å². The summed E-state index contributed by atoms with van der Waals surface area (Å²) >= 11 is 0. The van der Waals surface area contributed by atoms with E-state index in [2.05, 4.69) is 6.58 Å². The molecule has 2 heterocycles. The van der Waals surface area contributed by atoms with Crippen molar-refractivity contribution in [2.45, 2.75) is 70.6 Å². The summed E-state index contributed by atoms with van der Waals surface area (Å²) in [5.41, 5.74) is -0.216. The number of fused-ring (bicyclic) bond motifs is 1. The van der Waals surface area contributed by atoms with Crippen molar-refractivity contribution in [3.05, 3.63) is 35.5 Å². The second kappa shape index (κ2) is 8.90. The molecular weight excluding hydrogens is 420 g/mol. The highest BCUT2D eigenvalue weighted by Gasteiger charge is 2.59. The minimum Gasteiger partial charge on any atom is -0.466 e. The zero-order chi connectivity index (χ0) is 23.8. The Bertz CT molecular complexity index is 914. The highest BCUT2D eigenvalue weighted by atomic mass is 16.7. The summed E-state index contributed by atoms with van der Waals surface area (Å²) in [6, 6.07) is 0. The zero-order valence-corrected chi connectivity index (χ0v) is 18.8. The molecule has 9 heteroatoms. The Kier molecular flexibility index (Phi) is 6.59. The third-order valence-electron chi connectivity index (χ3n) is 6.07. The fourth-order valence-corrected chi connectivity index (χ4v) is 3.98. The number of hydrogen-bond donors (Lipinski definition) is 0. The van der Waals surface area contributed by atoms with E-state index in [9.17, 15) is 19.2 Å². The third-order valence-corrected chi connectivity index (χ3v) is 6.07. The fraction of sp³-hybridized carbons (Fsp3) is 0.565. The van der Waals surface area contributed by atoms with E-state index in [1.807, 2.05) is 6.92 Å². The molecule has 0 saturated carbocycles. The lowest BCUT2D eigenvalue weighted by Gasteiger charge is -2.33. The summed E-state index contributed by atoms with van der Waals surface area (Å²) in [5.74, 6) is -3.70. The number of carbonyl (C=O) groups excluding carboxylic acids is 4. The molecule has 174 valence electrons. The van der Waals surface area contributed by atoms with Crippen LogP contribution in [0.2, 0.25) is 0 Å². The summed E-state index contributed by atoms with van der Waals surface area (Å²) in [4.78, 5) is 50.0. The Hall–Kier alpha value is -2.94. The summed E-state index contributed by atoms with van der Waals surface area (Å²) in [7, 11) is 1.20. The predicted molar refractivity (Wildman–Crippen MR) is 110 cm³/mol. The average molecular weight is 448 g/mol. The normalized spacial score (nSPS) is 34.3. The van der Waals surface area contributed by atoms with Gasteiger partial charge in [-0.15, -0.1) is 0 Å². The number of epoxide rings is 1. The van der Waals surface area contributed by atoms with Crippen LogP contribution in [0.5, 0.6) is 0 Å². The van der Waals surface area contributed by atoms with Crippen molar-refractivity contribution >= 4 is 23.9 Å². The van der Waals surface area contributed by atoms with Gasteiger partial charge in [0.1, 0.15) is 6.10 Å². The Morgan fingerprint density at radius 3 is 2.47 bits per heavy atom. The molecule has 0 N–H and O–H groups in total. The summed E-state index contributed by atoms with van der Waals surface area (Å²) in [6.45, 7) is 10.2. The van der Waals surface area contributed by atoms with Crippen molar-refractivity contribution in [1.82, 2.24) is 0 Å². The van der Waals surface area contributed by atoms with Gasteiger partial charge in [0.2, 0.25) is 0 Å². The monoisotopic (exact) mass is 448 g/mol. The van der Waals surface area contributed by atoms with Crippen LogP contribution in [0.1, 0.15) is 40.5 Å². The minimum atomic E-state index is -1.34. The SMILES string of the molecule is C=C1C(=O)O[C@@H]2C=C(C)CCC=C(C(=O)OC)C(OC(C)=O)[C@@H](OC(=O)[C@]3(C)O[C@@H]3C)[C@@H]12. The van der Waals surface area contributed by atoms with E-state index in [0.29, 0.717) is 12.8 Å². The van der Waals surface area contributed by atoms with Crippen LogP contribution in [-0.4, -0.2) is 61.0 Å². The van der Waals surface area contributed by atoms with Crippen LogP contribution in [-0.2, 0) is 42.9 Å². The van der Waals surface area contributed by atoms with Gasteiger partial charge in [-0.25, -0.2) is 14.4 Å². The molecule has 32 heavy (non-hydrogen) atoms. The third kappa shape index (κ3) is 4.48. The van der Waals surface area contributed by atoms with Crippen LogP contribution in [0.4, 0.5) is 0 Å². The van der Waals surface area contributed by atoms with Gasteiger partial charge < -0.3 is 23.7 Å². The lowest BCUT2D eigenvalue weighted by molar-refractivity contribution is -0.173. The van der Waals surface area contributed by atoms with E-state index in [1.165, 1.54) is 14.0 Å². The zero-order valence-electron chi connectivity index (χ0n) is 18.8. The highest BCUT2D eigenvalue weighted by molar-refractivity contribution is 5.93. The molecule has 1 unspecified atom stereocenters. The second-order valence-corrected chi connectivity index (χ2v) is 8.39. The Labute approximate surface area is 186 Å². The molecule has 3 rings (SSSR count). The standard InChI is InChI=1S/C23H28O9/c1-11-8-7-9-15(21(26)28-6)18(29-14(4)24)19(31-22(27)23(5)13(3)32-23)17-12(2)20(25)30-16(17)10-11/h9-10,13,16-19H,2,7-8H2,1,3-6H3/t13-,16-,17+,18?,19+,23-/m1/s1. The van der Waals surface area contributed by atoms with E-state index >= 15 is 0 Å². The first kappa shape index (κ1) is 23.7. The molecule has 0 spiro atoms. The van der Waals surface area contributed by atoms with E-state index in [4.69, 9.17) is 23.7 Å². The molecule has 0 aromatic heterocycles. The fourth-order valence-electron chi connectivity index (χ4n) is 3.98.